The van der Waals surface area contributed by atoms with Gasteiger partial charge in [0.2, 0.25) is 5.91 Å². The first-order chi connectivity index (χ1) is 18.3. The maximum absolute atomic E-state index is 13.0. The van der Waals surface area contributed by atoms with Gasteiger partial charge in [0.25, 0.3) is 11.1 Å². The second kappa shape index (κ2) is 12.3. The van der Waals surface area contributed by atoms with E-state index in [9.17, 15) is 19.2 Å². The van der Waals surface area contributed by atoms with Gasteiger partial charge >= 0.3 is 5.97 Å². The minimum Gasteiger partial charge on any atom is -0.462 e. The summed E-state index contributed by atoms with van der Waals surface area (Å²) in [5.74, 6) is -1.70. The third-order valence-corrected chi connectivity index (χ3v) is 7.18. The summed E-state index contributed by atoms with van der Waals surface area (Å²) < 4.78 is 7.33. The van der Waals surface area contributed by atoms with Gasteiger partial charge in [0.05, 0.1) is 22.1 Å². The van der Waals surface area contributed by atoms with Gasteiger partial charge in [-0.3, -0.25) is 19.3 Å². The highest BCUT2D eigenvalue weighted by atomic mass is 35.5. The van der Waals surface area contributed by atoms with Crippen molar-refractivity contribution in [3.63, 3.8) is 0 Å². The summed E-state index contributed by atoms with van der Waals surface area (Å²) in [4.78, 5) is 51.9. The number of hydrogen-bond acceptors (Lipinski definition) is 6. The molecule has 1 aliphatic heterocycles. The molecule has 198 valence electrons. The number of aryl methyl sites for hydroxylation is 1. The van der Waals surface area contributed by atoms with Gasteiger partial charge in [-0.25, -0.2) is 4.79 Å². The Bertz CT molecular complexity index is 1430. The van der Waals surface area contributed by atoms with Gasteiger partial charge in [-0.1, -0.05) is 50.1 Å². The van der Waals surface area contributed by atoms with Gasteiger partial charge in [0.15, 0.2) is 0 Å². The zero-order valence-corrected chi connectivity index (χ0v) is 22.7. The molecule has 38 heavy (non-hydrogen) atoms. The number of rotatable bonds is 10. The Hall–Kier alpha value is -3.56. The van der Waals surface area contributed by atoms with Gasteiger partial charge in [-0.05, 0) is 54.9 Å². The maximum Gasteiger partial charge on any atom is 0.339 e. The highest BCUT2D eigenvalue weighted by Crippen LogP contribution is 2.34. The van der Waals surface area contributed by atoms with Crippen molar-refractivity contribution in [1.82, 2.24) is 9.47 Å². The van der Waals surface area contributed by atoms with Crippen LogP contribution in [0.15, 0.2) is 53.6 Å². The topological polar surface area (TPSA) is 97.7 Å². The third-order valence-electron chi connectivity index (χ3n) is 5.95. The van der Waals surface area contributed by atoms with Crippen molar-refractivity contribution in [3.8, 4) is 0 Å². The van der Waals surface area contributed by atoms with Crippen molar-refractivity contribution in [2.75, 3.05) is 18.5 Å². The van der Waals surface area contributed by atoms with Crippen LogP contribution < -0.4 is 5.32 Å². The number of nitrogens with zero attached hydrogens (tertiary/aromatic N) is 2. The molecular weight excluding hydrogens is 526 g/mol. The second-order valence-electron chi connectivity index (χ2n) is 8.80. The standard InChI is InChI=1S/C28H28ClN3O5S/c1-3-5-13-37-27(35)21-15-19(10-11-22(21)29)30-25(33)17-32-26(34)24(38-28(32)36)14-18-16-31(12-4-2)23-9-7-6-8-20(18)23/h6-11,14-16H,3-5,12-13,17H2,1-2H3,(H,30,33)/b24-14-. The molecule has 0 saturated carbocycles. The van der Waals surface area contributed by atoms with E-state index < -0.39 is 29.6 Å². The summed E-state index contributed by atoms with van der Waals surface area (Å²) in [5, 5.41) is 3.28. The smallest absolute Gasteiger partial charge is 0.339 e. The molecule has 0 unspecified atom stereocenters. The number of ether oxygens (including phenoxy) is 1. The van der Waals surface area contributed by atoms with Crippen LogP contribution in [0.2, 0.25) is 5.02 Å². The number of carbonyl (C=O) groups excluding carboxylic acids is 4. The summed E-state index contributed by atoms with van der Waals surface area (Å²) >= 11 is 6.94. The number of nitrogens with one attached hydrogen (secondary N) is 1. The number of thioether (sulfide) groups is 1. The van der Waals surface area contributed by atoms with E-state index in [4.69, 9.17) is 16.3 Å². The fraction of sp³-hybridized carbons (Fsp3) is 0.286. The average Bonchev–Trinajstić information content (AvgIpc) is 3.37. The third kappa shape index (κ3) is 6.11. The van der Waals surface area contributed by atoms with Crippen molar-refractivity contribution in [1.29, 1.82) is 0 Å². The van der Waals surface area contributed by atoms with E-state index in [0.29, 0.717) is 5.69 Å². The Labute approximate surface area is 229 Å². The first kappa shape index (κ1) is 27.5. The van der Waals surface area contributed by atoms with E-state index in [-0.39, 0.29) is 22.1 Å². The van der Waals surface area contributed by atoms with Crippen LogP contribution in [0.5, 0.6) is 0 Å². The van der Waals surface area contributed by atoms with Gasteiger partial charge < -0.3 is 14.6 Å². The lowest BCUT2D eigenvalue weighted by Gasteiger charge is -2.13. The average molecular weight is 554 g/mol. The van der Waals surface area contributed by atoms with Crippen LogP contribution in [0.4, 0.5) is 10.5 Å². The number of carbonyl (C=O) groups is 4. The van der Waals surface area contributed by atoms with Gasteiger partial charge in [-0.2, -0.15) is 0 Å². The highest BCUT2D eigenvalue weighted by molar-refractivity contribution is 8.18. The number of para-hydroxylation sites is 1. The van der Waals surface area contributed by atoms with Crippen molar-refractivity contribution >= 4 is 69.1 Å². The number of halogens is 1. The lowest BCUT2D eigenvalue weighted by Crippen LogP contribution is -2.36. The van der Waals surface area contributed by atoms with Crippen molar-refractivity contribution in [2.45, 2.75) is 39.7 Å². The molecule has 0 spiro atoms. The van der Waals surface area contributed by atoms with Crippen LogP contribution in [0.25, 0.3) is 17.0 Å². The Balaban J connectivity index is 1.46. The van der Waals surface area contributed by atoms with Crippen LogP contribution in [0.3, 0.4) is 0 Å². The molecular formula is C28H28ClN3O5S. The van der Waals surface area contributed by atoms with E-state index in [2.05, 4.69) is 16.8 Å². The Morgan fingerprint density at radius 1 is 1.11 bits per heavy atom. The molecule has 0 aliphatic carbocycles. The highest BCUT2D eigenvalue weighted by Gasteiger charge is 2.36. The Kier molecular flexibility index (Phi) is 8.91. The molecule has 1 N–H and O–H groups in total. The molecule has 8 nitrogen and oxygen atoms in total. The maximum atomic E-state index is 13.0. The molecule has 10 heteroatoms. The number of unbranched alkanes of at least 4 members (excludes halogenated alkanes) is 1. The van der Waals surface area contributed by atoms with E-state index in [0.717, 1.165) is 58.9 Å². The number of anilines is 1. The molecule has 0 atom stereocenters. The van der Waals surface area contributed by atoms with E-state index >= 15 is 0 Å². The molecule has 2 aromatic carbocycles. The largest absolute Gasteiger partial charge is 0.462 e. The minimum atomic E-state index is -0.587. The summed E-state index contributed by atoms with van der Waals surface area (Å²) in [6.07, 6.45) is 6.24. The van der Waals surface area contributed by atoms with Gasteiger partial charge in [-0.15, -0.1) is 0 Å². The van der Waals surface area contributed by atoms with E-state index in [1.54, 1.807) is 6.08 Å². The van der Waals surface area contributed by atoms with E-state index in [1.807, 2.05) is 37.4 Å². The van der Waals surface area contributed by atoms with Crippen molar-refractivity contribution in [3.05, 3.63) is 69.7 Å². The predicted octanol–water partition coefficient (Wildman–Crippen LogP) is 6.34. The number of amides is 3. The Morgan fingerprint density at radius 3 is 2.66 bits per heavy atom. The van der Waals surface area contributed by atoms with Crippen LogP contribution >= 0.6 is 23.4 Å². The summed E-state index contributed by atoms with van der Waals surface area (Å²) in [6.45, 7) is 4.72. The fourth-order valence-corrected chi connectivity index (χ4v) is 5.11. The first-order valence-corrected chi connectivity index (χ1v) is 13.6. The summed E-state index contributed by atoms with van der Waals surface area (Å²) in [7, 11) is 0. The molecule has 1 saturated heterocycles. The van der Waals surface area contributed by atoms with Crippen molar-refractivity contribution < 1.29 is 23.9 Å². The lowest BCUT2D eigenvalue weighted by atomic mass is 10.1. The molecule has 1 aliphatic rings. The number of aromatic nitrogens is 1. The van der Waals surface area contributed by atoms with Crippen LogP contribution in [-0.4, -0.2) is 45.6 Å². The normalized spacial score (nSPS) is 14.5. The predicted molar refractivity (Wildman–Crippen MR) is 150 cm³/mol. The first-order valence-electron chi connectivity index (χ1n) is 12.4. The van der Waals surface area contributed by atoms with Crippen LogP contribution in [0.1, 0.15) is 49.0 Å². The van der Waals surface area contributed by atoms with Crippen molar-refractivity contribution in [2.24, 2.45) is 0 Å². The fourth-order valence-electron chi connectivity index (χ4n) is 4.08. The number of esters is 1. The molecule has 2 heterocycles. The zero-order valence-electron chi connectivity index (χ0n) is 21.2. The number of hydrogen-bond donors (Lipinski definition) is 1. The minimum absolute atomic E-state index is 0.122. The van der Waals surface area contributed by atoms with Crippen LogP contribution in [-0.2, 0) is 20.9 Å². The molecule has 3 amide bonds. The SMILES string of the molecule is CCCCOC(=O)c1cc(NC(=O)CN2C(=O)S/C(=C\c3cn(CCC)c4ccccc34)C2=O)ccc1Cl. The Morgan fingerprint density at radius 2 is 1.89 bits per heavy atom. The van der Waals surface area contributed by atoms with Gasteiger partial charge in [0.1, 0.15) is 6.54 Å². The summed E-state index contributed by atoms with van der Waals surface area (Å²) in [6, 6.07) is 12.3. The number of benzene rings is 2. The molecule has 0 bridgehead atoms. The van der Waals surface area contributed by atoms with Crippen LogP contribution in [0, 0.1) is 0 Å². The number of fused-ring (bicyclic) bond motifs is 1. The monoisotopic (exact) mass is 553 g/mol. The second-order valence-corrected chi connectivity index (χ2v) is 10.2. The molecule has 1 fully saturated rings. The quantitative estimate of drug-likeness (QED) is 0.179. The molecule has 0 radical (unpaired) electrons. The molecule has 3 aromatic rings. The lowest BCUT2D eigenvalue weighted by molar-refractivity contribution is -0.127. The van der Waals surface area contributed by atoms with E-state index in [1.165, 1.54) is 18.2 Å². The molecule has 1 aromatic heterocycles. The number of imide groups is 1. The molecule has 4 rings (SSSR count). The summed E-state index contributed by atoms with van der Waals surface area (Å²) in [5.41, 5.74) is 2.31. The zero-order chi connectivity index (χ0) is 27.2. The van der Waals surface area contributed by atoms with Gasteiger partial charge in [0, 0.05) is 34.9 Å².